The minimum absolute atomic E-state index is 0.113. The molecule has 2 aliphatic heterocycles. The highest BCUT2D eigenvalue weighted by atomic mass is 16.3. The fraction of sp³-hybridized carbons (Fsp3) is 0.600. The maximum Gasteiger partial charge on any atom is 0.252 e. The number of likely N-dealkylation sites (tertiary alicyclic amines) is 2. The number of amides is 3. The Hall–Kier alpha value is -2.94. The Kier molecular flexibility index (Phi) is 7.97. The number of benzene rings is 1. The monoisotopic (exact) mass is 472 g/mol. The van der Waals surface area contributed by atoms with E-state index in [1.54, 1.807) is 31.2 Å². The minimum Gasteiger partial charge on any atom is -0.399 e. The first-order chi connectivity index (χ1) is 16.0. The second-order valence-electron chi connectivity index (χ2n) is 9.87. The topological polar surface area (TPSA) is 133 Å². The van der Waals surface area contributed by atoms with E-state index in [-0.39, 0.29) is 36.0 Å². The lowest BCUT2D eigenvalue weighted by molar-refractivity contribution is -0.144. The Morgan fingerprint density at radius 3 is 2.35 bits per heavy atom. The van der Waals surface area contributed by atoms with Gasteiger partial charge in [-0.15, -0.1) is 0 Å². The van der Waals surface area contributed by atoms with Gasteiger partial charge in [-0.3, -0.25) is 19.2 Å². The fourth-order valence-corrected chi connectivity index (χ4v) is 4.76. The normalized spacial score (nSPS) is 22.5. The summed E-state index contributed by atoms with van der Waals surface area (Å²) in [6.07, 6.45) is 0.338. The van der Waals surface area contributed by atoms with Crippen molar-refractivity contribution >= 4 is 29.2 Å². The Morgan fingerprint density at radius 2 is 1.76 bits per heavy atom. The molecule has 0 radical (unpaired) electrons. The number of rotatable bonds is 8. The van der Waals surface area contributed by atoms with Crippen LogP contribution < -0.4 is 11.1 Å². The van der Waals surface area contributed by atoms with Crippen molar-refractivity contribution in [2.75, 3.05) is 18.8 Å². The lowest BCUT2D eigenvalue weighted by Gasteiger charge is -2.29. The van der Waals surface area contributed by atoms with Crippen LogP contribution in [0.4, 0.5) is 5.69 Å². The second-order valence-corrected chi connectivity index (χ2v) is 9.87. The van der Waals surface area contributed by atoms with Crippen molar-refractivity contribution in [3.63, 3.8) is 0 Å². The van der Waals surface area contributed by atoms with Crippen LogP contribution in [0, 0.1) is 11.8 Å². The van der Waals surface area contributed by atoms with Crippen LogP contribution in [0.3, 0.4) is 0 Å². The smallest absolute Gasteiger partial charge is 0.252 e. The van der Waals surface area contributed by atoms with Crippen LogP contribution in [0.1, 0.15) is 57.3 Å². The summed E-state index contributed by atoms with van der Waals surface area (Å²) in [4.78, 5) is 55.0. The number of anilines is 1. The van der Waals surface area contributed by atoms with Crippen LogP contribution in [0.15, 0.2) is 24.3 Å². The molecule has 0 aromatic heterocycles. The molecule has 0 spiro atoms. The number of carbonyl (C=O) groups excluding carboxylic acids is 4. The van der Waals surface area contributed by atoms with Gasteiger partial charge >= 0.3 is 0 Å². The molecule has 0 saturated carbocycles. The molecule has 9 nitrogen and oxygen atoms in total. The number of fused-ring (bicyclic) bond motifs is 1. The number of nitrogens with two attached hydrogens (primary N) is 1. The van der Waals surface area contributed by atoms with Gasteiger partial charge < -0.3 is 26.0 Å². The average Bonchev–Trinajstić information content (AvgIpc) is 3.38. The predicted molar refractivity (Wildman–Crippen MR) is 128 cm³/mol. The molecule has 34 heavy (non-hydrogen) atoms. The average molecular weight is 473 g/mol. The summed E-state index contributed by atoms with van der Waals surface area (Å²) in [5.41, 5.74) is 6.62. The molecular formula is C25H36N4O5. The minimum atomic E-state index is -1.17. The van der Waals surface area contributed by atoms with Crippen molar-refractivity contribution in [3.8, 4) is 0 Å². The first kappa shape index (κ1) is 25.7. The molecule has 5 atom stereocenters. The van der Waals surface area contributed by atoms with E-state index in [1.807, 2.05) is 20.8 Å². The van der Waals surface area contributed by atoms with Crippen molar-refractivity contribution in [1.29, 1.82) is 0 Å². The number of nitrogens with zero attached hydrogens (tertiary/aromatic N) is 2. The van der Waals surface area contributed by atoms with Gasteiger partial charge in [-0.25, -0.2) is 0 Å². The fourth-order valence-electron chi connectivity index (χ4n) is 4.76. The highest BCUT2D eigenvalue weighted by molar-refractivity contribution is 6.01. The lowest BCUT2D eigenvalue weighted by Crippen LogP contribution is -2.53. The Morgan fingerprint density at radius 1 is 1.12 bits per heavy atom. The van der Waals surface area contributed by atoms with E-state index in [2.05, 4.69) is 5.32 Å². The highest BCUT2D eigenvalue weighted by Gasteiger charge is 2.53. The van der Waals surface area contributed by atoms with Crippen LogP contribution >= 0.6 is 0 Å². The third kappa shape index (κ3) is 5.24. The molecule has 4 N–H and O–H groups in total. The number of aliphatic hydroxyl groups excluding tert-OH is 1. The van der Waals surface area contributed by atoms with E-state index >= 15 is 0 Å². The standard InChI is InChI=1S/C25H36N4O5/c1-5-15(4)22(31)25(34)29-13-20(30)21-19(29)10-11-28(21)24(33)18(12-14(2)3)27-23(32)16-6-8-17(26)9-7-16/h6-9,14-15,18-19,21-22,31H,5,10-13,26H2,1-4H3,(H,27,32). The molecule has 3 amide bonds. The first-order valence-corrected chi connectivity index (χ1v) is 12.0. The zero-order valence-corrected chi connectivity index (χ0v) is 20.4. The van der Waals surface area contributed by atoms with Crippen molar-refractivity contribution in [1.82, 2.24) is 15.1 Å². The van der Waals surface area contributed by atoms with Gasteiger partial charge in [-0.1, -0.05) is 34.1 Å². The van der Waals surface area contributed by atoms with Gasteiger partial charge in [0.1, 0.15) is 18.2 Å². The Bertz CT molecular complexity index is 932. The van der Waals surface area contributed by atoms with E-state index in [1.165, 1.54) is 9.80 Å². The number of Topliss-reactive ketones (excluding diaryl/α,β-unsaturated/α-hetero) is 1. The molecule has 9 heteroatoms. The molecule has 5 unspecified atom stereocenters. The molecule has 2 aliphatic rings. The zero-order valence-electron chi connectivity index (χ0n) is 20.4. The number of hydrogen-bond donors (Lipinski definition) is 3. The maximum absolute atomic E-state index is 13.5. The van der Waals surface area contributed by atoms with Crippen LogP contribution in [0.5, 0.6) is 0 Å². The third-order valence-corrected chi connectivity index (χ3v) is 6.91. The Balaban J connectivity index is 1.76. The molecule has 0 bridgehead atoms. The molecule has 3 rings (SSSR count). The van der Waals surface area contributed by atoms with Crippen molar-refractivity contribution in [2.24, 2.45) is 11.8 Å². The van der Waals surface area contributed by atoms with Crippen molar-refractivity contribution in [3.05, 3.63) is 29.8 Å². The van der Waals surface area contributed by atoms with Crippen molar-refractivity contribution < 1.29 is 24.3 Å². The van der Waals surface area contributed by atoms with E-state index in [9.17, 15) is 24.3 Å². The van der Waals surface area contributed by atoms with Crippen LogP contribution in [0.2, 0.25) is 0 Å². The molecule has 186 valence electrons. The van der Waals surface area contributed by atoms with Gasteiger partial charge in [0.2, 0.25) is 5.91 Å². The van der Waals surface area contributed by atoms with Gasteiger partial charge in [0.15, 0.2) is 5.78 Å². The number of nitrogens with one attached hydrogen (secondary N) is 1. The molecule has 2 saturated heterocycles. The number of carbonyl (C=O) groups is 4. The van der Waals surface area contributed by atoms with Gasteiger partial charge in [-0.05, 0) is 48.9 Å². The summed E-state index contributed by atoms with van der Waals surface area (Å²) < 4.78 is 0. The quantitative estimate of drug-likeness (QED) is 0.487. The van der Waals surface area contributed by atoms with E-state index < -0.39 is 30.1 Å². The van der Waals surface area contributed by atoms with Gasteiger partial charge in [0.25, 0.3) is 11.8 Å². The van der Waals surface area contributed by atoms with E-state index in [0.717, 1.165) is 0 Å². The molecule has 0 aliphatic carbocycles. The SMILES string of the molecule is CCC(C)C(O)C(=O)N1CC(=O)C2C1CCN2C(=O)C(CC(C)C)NC(=O)c1ccc(N)cc1. The first-order valence-electron chi connectivity index (χ1n) is 12.0. The van der Waals surface area contributed by atoms with Gasteiger partial charge in [-0.2, -0.15) is 0 Å². The summed E-state index contributed by atoms with van der Waals surface area (Å²) >= 11 is 0. The van der Waals surface area contributed by atoms with Crippen LogP contribution in [0.25, 0.3) is 0 Å². The zero-order chi connectivity index (χ0) is 25.2. The van der Waals surface area contributed by atoms with Crippen LogP contribution in [-0.2, 0) is 14.4 Å². The molecule has 1 aromatic carbocycles. The molecule has 1 aromatic rings. The van der Waals surface area contributed by atoms with Crippen molar-refractivity contribution in [2.45, 2.75) is 71.2 Å². The summed E-state index contributed by atoms with van der Waals surface area (Å²) in [6, 6.07) is 4.44. The second kappa shape index (κ2) is 10.5. The highest BCUT2D eigenvalue weighted by Crippen LogP contribution is 2.32. The van der Waals surface area contributed by atoms with Crippen LogP contribution in [-0.4, -0.2) is 75.7 Å². The van der Waals surface area contributed by atoms with E-state index in [4.69, 9.17) is 5.73 Å². The Labute approximate surface area is 200 Å². The lowest BCUT2D eigenvalue weighted by atomic mass is 10.00. The summed E-state index contributed by atoms with van der Waals surface area (Å²) in [6.45, 7) is 7.80. The predicted octanol–water partition coefficient (Wildman–Crippen LogP) is 1.20. The number of nitrogen functional groups attached to an aromatic ring is 1. The molecule has 2 fully saturated rings. The number of ketones is 1. The van der Waals surface area contributed by atoms with Gasteiger partial charge in [0, 0.05) is 17.8 Å². The third-order valence-electron chi connectivity index (χ3n) is 6.91. The summed E-state index contributed by atoms with van der Waals surface area (Å²) in [5, 5.41) is 13.2. The largest absolute Gasteiger partial charge is 0.399 e. The maximum atomic E-state index is 13.5. The molecular weight excluding hydrogens is 436 g/mol. The number of aliphatic hydroxyl groups is 1. The van der Waals surface area contributed by atoms with E-state index in [0.29, 0.717) is 37.1 Å². The summed E-state index contributed by atoms with van der Waals surface area (Å²) in [7, 11) is 0. The molecule has 2 heterocycles. The van der Waals surface area contributed by atoms with Gasteiger partial charge in [0.05, 0.1) is 12.6 Å². The number of hydrogen-bond acceptors (Lipinski definition) is 6. The summed E-state index contributed by atoms with van der Waals surface area (Å²) in [5.74, 6) is -1.48.